The van der Waals surface area contributed by atoms with Crippen LogP contribution in [0.4, 0.5) is 8.78 Å². The molecule has 0 saturated carbocycles. The van der Waals surface area contributed by atoms with Crippen LogP contribution in [-0.2, 0) is 17.6 Å². The minimum Gasteiger partial charge on any atom is -0.477 e. The molecule has 2 rings (SSSR count). The van der Waals surface area contributed by atoms with Gasteiger partial charge in [0.05, 0.1) is 0 Å². The highest BCUT2D eigenvalue weighted by Gasteiger charge is 2.60. The number of carboxylic acids is 1. The molecule has 16 heavy (non-hydrogen) atoms. The molecule has 1 aliphatic carbocycles. The third-order valence-corrected chi connectivity index (χ3v) is 2.94. The molecule has 2 N–H and O–H groups in total. The Morgan fingerprint density at radius 1 is 1.25 bits per heavy atom. The molecule has 1 aromatic rings. The van der Waals surface area contributed by atoms with Gasteiger partial charge in [-0.1, -0.05) is 24.3 Å². The topological polar surface area (TPSA) is 57.5 Å². The molecule has 0 fully saturated rings. The molecule has 1 aliphatic rings. The molecule has 86 valence electrons. The van der Waals surface area contributed by atoms with Crippen LogP contribution < -0.4 is 0 Å². The molecule has 0 heterocycles. The van der Waals surface area contributed by atoms with Crippen molar-refractivity contribution >= 4 is 5.97 Å². The zero-order valence-electron chi connectivity index (χ0n) is 8.28. The van der Waals surface area contributed by atoms with E-state index in [0.717, 1.165) is 0 Å². The summed E-state index contributed by atoms with van der Waals surface area (Å²) in [5.41, 5.74) is -1.36. The summed E-state index contributed by atoms with van der Waals surface area (Å²) in [6.45, 7) is 0. The summed E-state index contributed by atoms with van der Waals surface area (Å²) in [6.07, 6.45) is -0.662. The van der Waals surface area contributed by atoms with Crippen molar-refractivity contribution in [1.29, 1.82) is 0 Å². The number of benzene rings is 1. The maximum absolute atomic E-state index is 13.4. The van der Waals surface area contributed by atoms with Crippen LogP contribution in [0.15, 0.2) is 24.3 Å². The molecule has 1 aromatic carbocycles. The Hall–Kier alpha value is -1.49. The quantitative estimate of drug-likeness (QED) is 0.800. The maximum atomic E-state index is 13.4. The third-order valence-electron chi connectivity index (χ3n) is 2.94. The van der Waals surface area contributed by atoms with Crippen LogP contribution in [0.1, 0.15) is 11.1 Å². The summed E-state index contributed by atoms with van der Waals surface area (Å²) in [4.78, 5) is 10.5. The number of carboxylic acid groups (broad SMARTS) is 1. The molecule has 0 atom stereocenters. The van der Waals surface area contributed by atoms with Gasteiger partial charge in [0.2, 0.25) is 0 Å². The van der Waals surface area contributed by atoms with Crippen molar-refractivity contribution in [2.75, 3.05) is 0 Å². The van der Waals surface area contributed by atoms with E-state index in [1.54, 1.807) is 24.3 Å². The first-order valence-electron chi connectivity index (χ1n) is 4.77. The van der Waals surface area contributed by atoms with Gasteiger partial charge in [0.25, 0.3) is 0 Å². The number of carbonyl (C=O) groups is 1. The van der Waals surface area contributed by atoms with Crippen LogP contribution in [-0.4, -0.2) is 27.7 Å². The van der Waals surface area contributed by atoms with Crippen LogP contribution in [0.5, 0.6) is 0 Å². The first kappa shape index (κ1) is 11.0. The second-order valence-corrected chi connectivity index (χ2v) is 4.03. The third kappa shape index (κ3) is 1.39. The highest BCUT2D eigenvalue weighted by molar-refractivity contribution is 5.77. The second-order valence-electron chi connectivity index (χ2n) is 4.03. The summed E-state index contributed by atoms with van der Waals surface area (Å²) in [5, 5.41) is 18.2. The average Bonchev–Trinajstić information content (AvgIpc) is 2.55. The number of rotatable bonds is 2. The Bertz CT molecular complexity index is 418. The van der Waals surface area contributed by atoms with E-state index in [-0.39, 0.29) is 12.8 Å². The fourth-order valence-electron chi connectivity index (χ4n) is 2.02. The van der Waals surface area contributed by atoms with Gasteiger partial charge >= 0.3 is 11.9 Å². The van der Waals surface area contributed by atoms with Crippen LogP contribution in [0.3, 0.4) is 0 Å². The molecule has 0 bridgehead atoms. The number of hydrogen-bond donors (Lipinski definition) is 2. The first-order valence-corrected chi connectivity index (χ1v) is 4.77. The summed E-state index contributed by atoms with van der Waals surface area (Å²) >= 11 is 0. The van der Waals surface area contributed by atoms with Gasteiger partial charge in [-0.15, -0.1) is 0 Å². The lowest BCUT2D eigenvalue weighted by molar-refractivity contribution is -0.205. The van der Waals surface area contributed by atoms with Gasteiger partial charge in [0, 0.05) is 12.8 Å². The van der Waals surface area contributed by atoms with Crippen molar-refractivity contribution in [2.45, 2.75) is 24.4 Å². The molecule has 0 aliphatic heterocycles. The Morgan fingerprint density at radius 3 is 2.06 bits per heavy atom. The van der Waals surface area contributed by atoms with Crippen molar-refractivity contribution < 1.29 is 23.8 Å². The molecule has 0 aromatic heterocycles. The molecular weight excluding hydrogens is 218 g/mol. The zero-order valence-corrected chi connectivity index (χ0v) is 8.28. The van der Waals surface area contributed by atoms with Gasteiger partial charge in [-0.3, -0.25) is 0 Å². The van der Waals surface area contributed by atoms with Crippen LogP contribution in [0.25, 0.3) is 0 Å². The predicted octanol–water partition coefficient (Wildman–Crippen LogP) is 1.24. The second kappa shape index (κ2) is 3.25. The van der Waals surface area contributed by atoms with Gasteiger partial charge in [-0.2, -0.15) is 8.78 Å². The Morgan fingerprint density at radius 2 is 1.69 bits per heavy atom. The Labute approximate surface area is 90.3 Å². The summed E-state index contributed by atoms with van der Waals surface area (Å²) < 4.78 is 26.7. The number of hydrogen-bond acceptors (Lipinski definition) is 2. The standard InChI is InChI=1S/C11H10F2O3/c12-11(13,9(14)15)10(16)5-7-3-1-2-4-8(7)6-10/h1-4,16H,5-6H2,(H,14,15). The number of halogens is 2. The lowest BCUT2D eigenvalue weighted by Crippen LogP contribution is -2.54. The van der Waals surface area contributed by atoms with Gasteiger partial charge in [0.1, 0.15) is 5.60 Å². The number of alkyl halides is 2. The van der Waals surface area contributed by atoms with Gasteiger partial charge in [0.15, 0.2) is 0 Å². The lowest BCUT2D eigenvalue weighted by Gasteiger charge is -2.28. The zero-order chi connectivity index (χ0) is 12.0. The van der Waals surface area contributed by atoms with Crippen LogP contribution in [0, 0.1) is 0 Å². The smallest absolute Gasteiger partial charge is 0.377 e. The summed E-state index contributed by atoms with van der Waals surface area (Å²) in [7, 11) is 0. The van der Waals surface area contributed by atoms with Crippen molar-refractivity contribution in [1.82, 2.24) is 0 Å². The van der Waals surface area contributed by atoms with E-state index in [1.807, 2.05) is 0 Å². The number of fused-ring (bicyclic) bond motifs is 1. The SMILES string of the molecule is O=C(O)C(F)(F)C1(O)Cc2ccccc2C1. The predicted molar refractivity (Wildman–Crippen MR) is 51.4 cm³/mol. The number of aliphatic hydroxyl groups is 1. The van der Waals surface area contributed by atoms with E-state index in [9.17, 15) is 18.7 Å². The van der Waals surface area contributed by atoms with E-state index >= 15 is 0 Å². The average molecular weight is 228 g/mol. The van der Waals surface area contributed by atoms with Crippen molar-refractivity contribution in [3.63, 3.8) is 0 Å². The van der Waals surface area contributed by atoms with E-state index < -0.39 is 17.5 Å². The summed E-state index contributed by atoms with van der Waals surface area (Å²) in [6, 6.07) is 6.57. The Balaban J connectivity index is 2.37. The highest BCUT2D eigenvalue weighted by Crippen LogP contribution is 2.40. The van der Waals surface area contributed by atoms with E-state index in [4.69, 9.17) is 5.11 Å². The van der Waals surface area contributed by atoms with Crippen molar-refractivity contribution in [3.8, 4) is 0 Å². The lowest BCUT2D eigenvalue weighted by atomic mass is 9.92. The fraction of sp³-hybridized carbons (Fsp3) is 0.364. The van der Waals surface area contributed by atoms with E-state index in [1.165, 1.54) is 0 Å². The van der Waals surface area contributed by atoms with Gasteiger partial charge < -0.3 is 10.2 Å². The molecule has 0 unspecified atom stereocenters. The van der Waals surface area contributed by atoms with Crippen LogP contribution >= 0.6 is 0 Å². The molecule has 0 radical (unpaired) electrons. The molecule has 0 amide bonds. The molecule has 5 heteroatoms. The van der Waals surface area contributed by atoms with E-state index in [0.29, 0.717) is 11.1 Å². The monoisotopic (exact) mass is 228 g/mol. The molecule has 3 nitrogen and oxygen atoms in total. The van der Waals surface area contributed by atoms with Crippen LogP contribution in [0.2, 0.25) is 0 Å². The summed E-state index contributed by atoms with van der Waals surface area (Å²) in [5.74, 6) is -6.42. The maximum Gasteiger partial charge on any atom is 0.377 e. The van der Waals surface area contributed by atoms with Gasteiger partial charge in [-0.05, 0) is 11.1 Å². The minimum atomic E-state index is -4.13. The normalized spacial score (nSPS) is 18.2. The number of aliphatic carboxylic acids is 1. The fourth-order valence-corrected chi connectivity index (χ4v) is 2.02. The first-order chi connectivity index (χ1) is 7.37. The van der Waals surface area contributed by atoms with Gasteiger partial charge in [-0.25, -0.2) is 4.79 Å². The minimum absolute atomic E-state index is 0.331. The molecule has 0 spiro atoms. The largest absolute Gasteiger partial charge is 0.477 e. The Kier molecular flexibility index (Phi) is 2.24. The highest BCUT2D eigenvalue weighted by atomic mass is 19.3. The molecule has 0 saturated heterocycles. The van der Waals surface area contributed by atoms with Crippen molar-refractivity contribution in [3.05, 3.63) is 35.4 Å². The van der Waals surface area contributed by atoms with E-state index in [2.05, 4.69) is 0 Å². The molecular formula is C11H10F2O3. The van der Waals surface area contributed by atoms with Crippen molar-refractivity contribution in [2.24, 2.45) is 0 Å².